The number of amides is 1. The molecule has 1 aliphatic rings. The van der Waals surface area contributed by atoms with Crippen molar-refractivity contribution in [2.75, 3.05) is 19.6 Å². The van der Waals surface area contributed by atoms with Crippen molar-refractivity contribution in [3.63, 3.8) is 0 Å². The summed E-state index contributed by atoms with van der Waals surface area (Å²) in [4.78, 5) is 14.6. The maximum Gasteiger partial charge on any atom is 0.253 e. The van der Waals surface area contributed by atoms with E-state index in [-0.39, 0.29) is 5.91 Å². The molecular formula is C16H23ClN2O. The Hall–Kier alpha value is -1.06. The quantitative estimate of drug-likeness (QED) is 0.873. The number of carbonyl (C=O) groups excluding carboxylic acids is 1. The molecule has 0 bridgehead atoms. The van der Waals surface area contributed by atoms with Gasteiger partial charge in [-0.05, 0) is 44.0 Å². The van der Waals surface area contributed by atoms with E-state index in [0.717, 1.165) is 38.9 Å². The predicted molar refractivity (Wildman–Crippen MR) is 83.3 cm³/mol. The summed E-state index contributed by atoms with van der Waals surface area (Å²) in [6, 6.07) is 7.67. The van der Waals surface area contributed by atoms with Gasteiger partial charge in [-0.2, -0.15) is 0 Å². The van der Waals surface area contributed by atoms with Crippen LogP contribution in [0.5, 0.6) is 0 Å². The zero-order valence-corrected chi connectivity index (χ0v) is 12.8. The molecule has 0 aromatic heterocycles. The van der Waals surface area contributed by atoms with Crippen LogP contribution in [0.15, 0.2) is 24.3 Å². The molecule has 1 aromatic carbocycles. The highest BCUT2D eigenvalue weighted by atomic mass is 35.5. The lowest BCUT2D eigenvalue weighted by molar-refractivity contribution is 0.0739. The minimum absolute atomic E-state index is 0.0923. The molecule has 1 amide bonds. The summed E-state index contributed by atoms with van der Waals surface area (Å²) < 4.78 is 0. The zero-order valence-electron chi connectivity index (χ0n) is 12.1. The highest BCUT2D eigenvalue weighted by molar-refractivity contribution is 6.30. The molecular weight excluding hydrogens is 272 g/mol. The molecule has 0 aliphatic carbocycles. The van der Waals surface area contributed by atoms with E-state index in [1.165, 1.54) is 6.42 Å². The molecule has 1 saturated heterocycles. The van der Waals surface area contributed by atoms with E-state index in [1.807, 2.05) is 17.0 Å². The van der Waals surface area contributed by atoms with Gasteiger partial charge in [0.25, 0.3) is 5.91 Å². The van der Waals surface area contributed by atoms with Crippen LogP contribution in [0.25, 0.3) is 0 Å². The number of halogens is 1. The highest BCUT2D eigenvalue weighted by Gasteiger charge is 2.22. The molecule has 4 heteroatoms. The Morgan fingerprint density at radius 2 is 2.35 bits per heavy atom. The van der Waals surface area contributed by atoms with Gasteiger partial charge in [-0.1, -0.05) is 31.0 Å². The molecule has 1 atom stereocenters. The normalized spacial score (nSPS) is 18.2. The van der Waals surface area contributed by atoms with Crippen LogP contribution in [-0.4, -0.2) is 36.5 Å². The van der Waals surface area contributed by atoms with Crippen molar-refractivity contribution in [3.05, 3.63) is 34.9 Å². The first-order chi connectivity index (χ1) is 9.70. The summed E-state index contributed by atoms with van der Waals surface area (Å²) >= 11 is 5.99. The van der Waals surface area contributed by atoms with Gasteiger partial charge in [0.2, 0.25) is 0 Å². The topological polar surface area (TPSA) is 32.3 Å². The number of unbranched alkanes of at least 4 members (excludes halogenated alkanes) is 1. The fourth-order valence-electron chi connectivity index (χ4n) is 2.61. The highest BCUT2D eigenvalue weighted by Crippen LogP contribution is 2.15. The first-order valence-electron chi connectivity index (χ1n) is 7.49. The average Bonchev–Trinajstić information content (AvgIpc) is 2.95. The number of benzene rings is 1. The maximum absolute atomic E-state index is 12.6. The second-order valence-corrected chi connectivity index (χ2v) is 5.84. The Kier molecular flexibility index (Phi) is 5.86. The van der Waals surface area contributed by atoms with Gasteiger partial charge in [0.1, 0.15) is 0 Å². The largest absolute Gasteiger partial charge is 0.337 e. The molecule has 1 N–H and O–H groups in total. The van der Waals surface area contributed by atoms with E-state index < -0.39 is 0 Å². The fraction of sp³-hybridized carbons (Fsp3) is 0.562. The van der Waals surface area contributed by atoms with Crippen LogP contribution in [0, 0.1) is 0 Å². The Labute approximate surface area is 126 Å². The summed E-state index contributed by atoms with van der Waals surface area (Å²) in [5, 5.41) is 4.08. The molecule has 1 unspecified atom stereocenters. The molecule has 3 nitrogen and oxygen atoms in total. The zero-order chi connectivity index (χ0) is 14.4. The first kappa shape index (κ1) is 15.3. The van der Waals surface area contributed by atoms with E-state index in [0.29, 0.717) is 16.6 Å². The lowest BCUT2D eigenvalue weighted by atomic mass is 10.1. The van der Waals surface area contributed by atoms with Crippen molar-refractivity contribution in [2.24, 2.45) is 0 Å². The van der Waals surface area contributed by atoms with Crippen LogP contribution in [0.1, 0.15) is 43.0 Å². The van der Waals surface area contributed by atoms with E-state index >= 15 is 0 Å². The summed E-state index contributed by atoms with van der Waals surface area (Å²) in [7, 11) is 0. The molecule has 1 aromatic rings. The van der Waals surface area contributed by atoms with Crippen molar-refractivity contribution < 1.29 is 4.79 Å². The second kappa shape index (κ2) is 7.65. The van der Waals surface area contributed by atoms with Gasteiger partial charge in [0.15, 0.2) is 0 Å². The Balaban J connectivity index is 2.05. The van der Waals surface area contributed by atoms with Gasteiger partial charge in [-0.25, -0.2) is 0 Å². The van der Waals surface area contributed by atoms with Gasteiger partial charge >= 0.3 is 0 Å². The Morgan fingerprint density at radius 1 is 1.50 bits per heavy atom. The minimum Gasteiger partial charge on any atom is -0.337 e. The molecule has 20 heavy (non-hydrogen) atoms. The number of carbonyl (C=O) groups is 1. The Morgan fingerprint density at radius 3 is 3.00 bits per heavy atom. The smallest absolute Gasteiger partial charge is 0.253 e. The maximum atomic E-state index is 12.6. The van der Waals surface area contributed by atoms with Gasteiger partial charge in [-0.3, -0.25) is 4.79 Å². The number of hydrogen-bond donors (Lipinski definition) is 1. The van der Waals surface area contributed by atoms with Crippen LogP contribution in [-0.2, 0) is 0 Å². The molecule has 0 saturated carbocycles. The number of hydrogen-bond acceptors (Lipinski definition) is 2. The molecule has 0 spiro atoms. The third-order valence-corrected chi connectivity index (χ3v) is 3.98. The van der Waals surface area contributed by atoms with Crippen molar-refractivity contribution >= 4 is 17.5 Å². The van der Waals surface area contributed by atoms with Crippen molar-refractivity contribution in [1.82, 2.24) is 10.2 Å². The molecule has 0 radical (unpaired) electrons. The van der Waals surface area contributed by atoms with Gasteiger partial charge in [0.05, 0.1) is 0 Å². The van der Waals surface area contributed by atoms with E-state index in [4.69, 9.17) is 11.6 Å². The molecule has 1 heterocycles. The third kappa shape index (κ3) is 4.22. The van der Waals surface area contributed by atoms with Gasteiger partial charge in [-0.15, -0.1) is 0 Å². The van der Waals surface area contributed by atoms with Crippen LogP contribution < -0.4 is 5.32 Å². The van der Waals surface area contributed by atoms with Gasteiger partial charge in [0, 0.05) is 29.7 Å². The molecule has 110 valence electrons. The second-order valence-electron chi connectivity index (χ2n) is 5.41. The van der Waals surface area contributed by atoms with Gasteiger partial charge < -0.3 is 10.2 Å². The van der Waals surface area contributed by atoms with Crippen molar-refractivity contribution in [1.29, 1.82) is 0 Å². The molecule has 1 fully saturated rings. The lowest BCUT2D eigenvalue weighted by Crippen LogP contribution is -2.41. The van der Waals surface area contributed by atoms with E-state index in [2.05, 4.69) is 12.2 Å². The lowest BCUT2D eigenvalue weighted by Gasteiger charge is -2.26. The number of nitrogens with zero attached hydrogens (tertiary/aromatic N) is 1. The molecule has 1 aliphatic heterocycles. The van der Waals surface area contributed by atoms with Crippen molar-refractivity contribution in [3.8, 4) is 0 Å². The average molecular weight is 295 g/mol. The van der Waals surface area contributed by atoms with Crippen LogP contribution in [0.3, 0.4) is 0 Å². The minimum atomic E-state index is 0.0923. The van der Waals surface area contributed by atoms with Crippen LogP contribution >= 0.6 is 11.6 Å². The van der Waals surface area contributed by atoms with Crippen molar-refractivity contribution in [2.45, 2.75) is 38.6 Å². The van der Waals surface area contributed by atoms with Crippen LogP contribution in [0.4, 0.5) is 0 Å². The monoisotopic (exact) mass is 294 g/mol. The Bertz CT molecular complexity index is 444. The first-order valence-corrected chi connectivity index (χ1v) is 7.86. The predicted octanol–water partition coefficient (Wildman–Crippen LogP) is 3.33. The summed E-state index contributed by atoms with van der Waals surface area (Å²) in [6.07, 6.45) is 4.50. The molecule has 2 rings (SSSR count). The summed E-state index contributed by atoms with van der Waals surface area (Å²) in [5.41, 5.74) is 0.687. The summed E-state index contributed by atoms with van der Waals surface area (Å²) in [6.45, 7) is 4.83. The SMILES string of the molecule is CCCCN(CC1CCCN1)C(=O)c1cccc(Cl)c1. The number of nitrogens with one attached hydrogen (secondary N) is 1. The number of rotatable bonds is 6. The fourth-order valence-corrected chi connectivity index (χ4v) is 2.80. The third-order valence-electron chi connectivity index (χ3n) is 3.74. The van der Waals surface area contributed by atoms with Crippen LogP contribution in [0.2, 0.25) is 5.02 Å². The van der Waals surface area contributed by atoms with E-state index in [1.54, 1.807) is 12.1 Å². The van der Waals surface area contributed by atoms with E-state index in [9.17, 15) is 4.79 Å². The summed E-state index contributed by atoms with van der Waals surface area (Å²) in [5.74, 6) is 0.0923. The standard InChI is InChI=1S/C16H23ClN2O/c1-2-3-10-19(12-15-8-5-9-18-15)16(20)13-6-4-7-14(17)11-13/h4,6-7,11,15,18H,2-3,5,8-10,12H2,1H3.